The molecule has 1 unspecified atom stereocenters. The maximum atomic E-state index is 12.5. The number of rotatable bonds is 3. The number of carbonyl (C=O) groups is 1. The van der Waals surface area contributed by atoms with Gasteiger partial charge in [0.1, 0.15) is 0 Å². The van der Waals surface area contributed by atoms with Crippen LogP contribution in [0.5, 0.6) is 0 Å². The fourth-order valence-electron chi connectivity index (χ4n) is 1.50. The van der Waals surface area contributed by atoms with Crippen molar-refractivity contribution in [3.63, 3.8) is 0 Å². The van der Waals surface area contributed by atoms with Crippen LogP contribution in [0, 0.1) is 0 Å². The number of halogens is 6. The zero-order valence-electron chi connectivity index (χ0n) is 12.4. The van der Waals surface area contributed by atoms with Crippen LogP contribution in [0.15, 0.2) is 18.2 Å². The highest BCUT2D eigenvalue weighted by atomic mass is 19.4. The second kappa shape index (κ2) is 8.19. The summed E-state index contributed by atoms with van der Waals surface area (Å²) in [5.41, 5.74) is 1.72. The molecule has 0 aliphatic rings. The molecule has 0 amide bonds. The molecule has 0 spiro atoms. The minimum Gasteiger partial charge on any atom is -0.481 e. The Balaban J connectivity index is 0.00000149. The SMILES string of the molecule is CCC.NC(CC(=O)O)c1cc(C(F)(F)F)cc(C(F)(F)F)c1. The molecular formula is C14H17F6NO2. The zero-order valence-corrected chi connectivity index (χ0v) is 12.4. The molecule has 0 heterocycles. The van der Waals surface area contributed by atoms with Crippen LogP contribution in [0.25, 0.3) is 0 Å². The molecule has 9 heteroatoms. The van der Waals surface area contributed by atoms with Crippen molar-refractivity contribution in [2.45, 2.75) is 45.1 Å². The second-order valence-electron chi connectivity index (χ2n) is 4.75. The van der Waals surface area contributed by atoms with Gasteiger partial charge in [-0.1, -0.05) is 20.3 Å². The number of alkyl halides is 6. The molecule has 132 valence electrons. The highest BCUT2D eigenvalue weighted by Crippen LogP contribution is 2.37. The number of hydrogen-bond acceptors (Lipinski definition) is 2. The van der Waals surface area contributed by atoms with E-state index in [1.165, 1.54) is 6.42 Å². The Morgan fingerprint density at radius 2 is 1.39 bits per heavy atom. The van der Waals surface area contributed by atoms with E-state index in [1.54, 1.807) is 0 Å². The first kappa shape index (κ1) is 21.2. The standard InChI is InChI=1S/C11H9F6NO2.C3H8/c12-10(13,14)6-1-5(8(18)4-9(19)20)2-7(3-6)11(15,16)17;1-3-2/h1-3,8H,4,18H2,(H,19,20);3H2,1-2H3. The van der Waals surface area contributed by atoms with Crippen molar-refractivity contribution in [3.05, 3.63) is 34.9 Å². The van der Waals surface area contributed by atoms with E-state index in [4.69, 9.17) is 10.8 Å². The lowest BCUT2D eigenvalue weighted by Gasteiger charge is -2.16. The van der Waals surface area contributed by atoms with Gasteiger partial charge in [-0.15, -0.1) is 0 Å². The molecule has 0 aliphatic heterocycles. The van der Waals surface area contributed by atoms with E-state index < -0.39 is 47.5 Å². The number of carboxylic acid groups (broad SMARTS) is 1. The van der Waals surface area contributed by atoms with Gasteiger partial charge in [-0.05, 0) is 23.8 Å². The first-order valence-electron chi connectivity index (χ1n) is 6.59. The van der Waals surface area contributed by atoms with Crippen molar-refractivity contribution in [2.75, 3.05) is 0 Å². The van der Waals surface area contributed by atoms with Gasteiger partial charge in [-0.3, -0.25) is 4.79 Å². The first-order chi connectivity index (χ1) is 10.3. The molecule has 0 fully saturated rings. The molecular weight excluding hydrogens is 328 g/mol. The topological polar surface area (TPSA) is 63.3 Å². The van der Waals surface area contributed by atoms with Crippen LogP contribution >= 0.6 is 0 Å². The molecule has 1 atom stereocenters. The Labute approximate surface area is 129 Å². The Kier molecular flexibility index (Phi) is 7.56. The van der Waals surface area contributed by atoms with Crippen LogP contribution < -0.4 is 5.73 Å². The molecule has 1 aromatic rings. The lowest BCUT2D eigenvalue weighted by atomic mass is 9.98. The quantitative estimate of drug-likeness (QED) is 0.786. The summed E-state index contributed by atoms with van der Waals surface area (Å²) in [5.74, 6) is -1.43. The van der Waals surface area contributed by atoms with E-state index in [2.05, 4.69) is 13.8 Å². The summed E-state index contributed by atoms with van der Waals surface area (Å²) in [6, 6.07) is -0.668. The summed E-state index contributed by atoms with van der Waals surface area (Å²) in [5, 5.41) is 8.48. The van der Waals surface area contributed by atoms with E-state index in [0.717, 1.165) is 0 Å². The smallest absolute Gasteiger partial charge is 0.416 e. The van der Waals surface area contributed by atoms with Crippen molar-refractivity contribution in [3.8, 4) is 0 Å². The number of nitrogens with two attached hydrogens (primary N) is 1. The summed E-state index contributed by atoms with van der Waals surface area (Å²) in [6.45, 7) is 4.25. The van der Waals surface area contributed by atoms with Gasteiger partial charge >= 0.3 is 18.3 Å². The van der Waals surface area contributed by atoms with Crippen LogP contribution in [-0.4, -0.2) is 11.1 Å². The van der Waals surface area contributed by atoms with Gasteiger partial charge in [0.05, 0.1) is 17.5 Å². The molecule has 0 bridgehead atoms. The predicted octanol–water partition coefficient (Wildman–Crippen LogP) is 4.62. The first-order valence-corrected chi connectivity index (χ1v) is 6.59. The molecule has 1 aromatic carbocycles. The van der Waals surface area contributed by atoms with Gasteiger partial charge in [-0.25, -0.2) is 0 Å². The van der Waals surface area contributed by atoms with Crippen molar-refractivity contribution >= 4 is 5.97 Å². The predicted molar refractivity (Wildman–Crippen MR) is 71.6 cm³/mol. The van der Waals surface area contributed by atoms with E-state index in [9.17, 15) is 31.1 Å². The van der Waals surface area contributed by atoms with Gasteiger partial charge in [0.25, 0.3) is 0 Å². The van der Waals surface area contributed by atoms with E-state index in [1.807, 2.05) is 0 Å². The summed E-state index contributed by atoms with van der Waals surface area (Å²) >= 11 is 0. The highest BCUT2D eigenvalue weighted by molar-refractivity contribution is 5.68. The van der Waals surface area contributed by atoms with E-state index >= 15 is 0 Å². The Morgan fingerprint density at radius 3 is 1.65 bits per heavy atom. The lowest BCUT2D eigenvalue weighted by molar-refractivity contribution is -0.143. The fraction of sp³-hybridized carbons (Fsp3) is 0.500. The Morgan fingerprint density at radius 1 is 1.04 bits per heavy atom. The van der Waals surface area contributed by atoms with Gasteiger partial charge in [0.2, 0.25) is 0 Å². The van der Waals surface area contributed by atoms with Crippen molar-refractivity contribution in [2.24, 2.45) is 5.73 Å². The average Bonchev–Trinajstić information content (AvgIpc) is 2.36. The Bertz CT molecular complexity index is 493. The number of carboxylic acids is 1. The third kappa shape index (κ3) is 7.36. The van der Waals surface area contributed by atoms with Crippen LogP contribution in [-0.2, 0) is 17.1 Å². The van der Waals surface area contributed by atoms with Crippen LogP contribution in [0.1, 0.15) is 49.4 Å². The van der Waals surface area contributed by atoms with Crippen LogP contribution in [0.2, 0.25) is 0 Å². The average molecular weight is 345 g/mol. The minimum absolute atomic E-state index is 0.0447. The van der Waals surface area contributed by atoms with Gasteiger partial charge in [-0.2, -0.15) is 26.3 Å². The highest BCUT2D eigenvalue weighted by Gasteiger charge is 2.37. The van der Waals surface area contributed by atoms with Gasteiger partial charge < -0.3 is 10.8 Å². The third-order valence-corrected chi connectivity index (χ3v) is 2.43. The molecule has 3 nitrogen and oxygen atoms in total. The van der Waals surface area contributed by atoms with E-state index in [0.29, 0.717) is 12.1 Å². The van der Waals surface area contributed by atoms with Crippen LogP contribution in [0.4, 0.5) is 26.3 Å². The summed E-state index contributed by atoms with van der Waals surface area (Å²) < 4.78 is 75.2. The fourth-order valence-corrected chi connectivity index (χ4v) is 1.50. The third-order valence-electron chi connectivity index (χ3n) is 2.43. The normalized spacial score (nSPS) is 13.1. The largest absolute Gasteiger partial charge is 0.481 e. The number of aliphatic carboxylic acids is 1. The molecule has 0 saturated heterocycles. The van der Waals surface area contributed by atoms with Crippen molar-refractivity contribution < 1.29 is 36.2 Å². The molecule has 1 rings (SSSR count). The van der Waals surface area contributed by atoms with Crippen molar-refractivity contribution in [1.29, 1.82) is 0 Å². The zero-order chi connectivity index (χ0) is 18.4. The van der Waals surface area contributed by atoms with Crippen LogP contribution in [0.3, 0.4) is 0 Å². The number of hydrogen-bond donors (Lipinski definition) is 2. The van der Waals surface area contributed by atoms with E-state index in [-0.39, 0.29) is 6.07 Å². The summed E-state index contributed by atoms with van der Waals surface area (Å²) in [4.78, 5) is 10.4. The van der Waals surface area contributed by atoms with Crippen molar-refractivity contribution in [1.82, 2.24) is 0 Å². The maximum absolute atomic E-state index is 12.5. The molecule has 0 radical (unpaired) electrons. The second-order valence-corrected chi connectivity index (χ2v) is 4.75. The minimum atomic E-state index is -4.99. The summed E-state index contributed by atoms with van der Waals surface area (Å²) in [6.07, 6.45) is -9.50. The molecule has 0 aromatic heterocycles. The maximum Gasteiger partial charge on any atom is 0.416 e. The Hall–Kier alpha value is -1.77. The molecule has 0 aliphatic carbocycles. The monoisotopic (exact) mass is 345 g/mol. The number of benzene rings is 1. The summed E-state index contributed by atoms with van der Waals surface area (Å²) in [7, 11) is 0. The molecule has 23 heavy (non-hydrogen) atoms. The molecule has 3 N–H and O–H groups in total. The molecule has 0 saturated carbocycles. The van der Waals surface area contributed by atoms with Gasteiger partial charge in [0.15, 0.2) is 0 Å². The lowest BCUT2D eigenvalue weighted by Crippen LogP contribution is -2.18. The van der Waals surface area contributed by atoms with Gasteiger partial charge in [0, 0.05) is 6.04 Å².